The van der Waals surface area contributed by atoms with Crippen LogP contribution in [0.1, 0.15) is 106 Å². The number of aliphatic hydroxyl groups excluding tert-OH is 1. The second kappa shape index (κ2) is 20.3. The van der Waals surface area contributed by atoms with Crippen LogP contribution in [0.25, 0.3) is 0 Å². The Bertz CT molecular complexity index is 1220. The van der Waals surface area contributed by atoms with E-state index in [0.717, 1.165) is 12.8 Å². The zero-order valence-corrected chi connectivity index (χ0v) is 32.8. The molecular formula is C40H67N3O7. The van der Waals surface area contributed by atoms with Crippen LogP contribution in [0.5, 0.6) is 0 Å². The standard InChI is InChI=1S/C40H67N3O7/c1-13-30(24(2)3)33(44)22-31(25(4)5)40(48)42(10)36(26(6)7)34(49-11)23-35(45)43-21-17-20-32(43)38(50-12)27(8)39(47)41-28(9)37(46)29-18-15-14-16-19-29/h14-16,18-19,24-28,30-32,34,36-38,46H,13,17,20-23H2,1-12H3,(H,41,47)/t27-,28-,30+,31+,32+,34?,36+,37-,38-/m1/s1. The van der Waals surface area contributed by atoms with Crippen molar-refractivity contribution in [1.29, 1.82) is 0 Å². The maximum atomic E-state index is 14.1. The predicted molar refractivity (Wildman–Crippen MR) is 197 cm³/mol. The molecule has 9 atom stereocenters. The smallest absolute Gasteiger partial charge is 0.226 e. The van der Waals surface area contributed by atoms with Gasteiger partial charge in [0.15, 0.2) is 0 Å². The van der Waals surface area contributed by atoms with Gasteiger partial charge in [0.1, 0.15) is 5.78 Å². The van der Waals surface area contributed by atoms with Crippen molar-refractivity contribution in [3.05, 3.63) is 35.9 Å². The number of Topliss-reactive ketones (excluding diaryl/α,β-unsaturated/α-hetero) is 1. The van der Waals surface area contributed by atoms with Crippen LogP contribution >= 0.6 is 0 Å². The number of ether oxygens (including phenoxy) is 2. The Balaban J connectivity index is 2.20. The summed E-state index contributed by atoms with van der Waals surface area (Å²) in [6, 6.07) is 7.95. The number of amides is 3. The lowest BCUT2D eigenvalue weighted by Gasteiger charge is -2.40. The average Bonchev–Trinajstić information content (AvgIpc) is 3.56. The fourth-order valence-electron chi connectivity index (χ4n) is 7.88. The van der Waals surface area contributed by atoms with E-state index in [0.29, 0.717) is 18.5 Å². The lowest BCUT2D eigenvalue weighted by atomic mass is 9.81. The van der Waals surface area contributed by atoms with Crippen LogP contribution in [0.4, 0.5) is 0 Å². The molecule has 10 nitrogen and oxygen atoms in total. The van der Waals surface area contributed by atoms with Gasteiger partial charge in [0.2, 0.25) is 17.7 Å². The van der Waals surface area contributed by atoms with Crippen molar-refractivity contribution in [2.45, 2.75) is 131 Å². The third-order valence-corrected chi connectivity index (χ3v) is 10.9. The van der Waals surface area contributed by atoms with Crippen LogP contribution in [0.3, 0.4) is 0 Å². The van der Waals surface area contributed by atoms with Crippen molar-refractivity contribution < 1.29 is 33.8 Å². The van der Waals surface area contributed by atoms with Gasteiger partial charge in [0.25, 0.3) is 0 Å². The van der Waals surface area contributed by atoms with Crippen molar-refractivity contribution in [3.63, 3.8) is 0 Å². The van der Waals surface area contributed by atoms with Crippen LogP contribution < -0.4 is 5.32 Å². The first-order chi connectivity index (χ1) is 23.5. The summed E-state index contributed by atoms with van der Waals surface area (Å²) >= 11 is 0. The molecule has 50 heavy (non-hydrogen) atoms. The van der Waals surface area contributed by atoms with Crippen molar-refractivity contribution in [1.82, 2.24) is 15.1 Å². The van der Waals surface area contributed by atoms with Crippen LogP contribution in [-0.4, -0.2) is 96.6 Å². The molecule has 2 rings (SSSR count). The number of ketones is 1. The minimum atomic E-state index is -0.868. The normalized spacial score (nSPS) is 19.8. The number of likely N-dealkylation sites (N-methyl/N-ethyl adjacent to an activating group) is 1. The maximum absolute atomic E-state index is 14.1. The van der Waals surface area contributed by atoms with E-state index in [1.165, 1.54) is 0 Å². The number of carbonyl (C=O) groups is 4. The zero-order chi connectivity index (χ0) is 37.9. The summed E-state index contributed by atoms with van der Waals surface area (Å²) in [6.45, 7) is 18.2. The van der Waals surface area contributed by atoms with E-state index in [1.54, 1.807) is 44.9 Å². The lowest BCUT2D eigenvalue weighted by molar-refractivity contribution is -0.149. The molecule has 1 unspecified atom stereocenters. The highest BCUT2D eigenvalue weighted by atomic mass is 16.5. The third-order valence-electron chi connectivity index (χ3n) is 10.9. The molecule has 1 heterocycles. The largest absolute Gasteiger partial charge is 0.386 e. The Kier molecular flexibility index (Phi) is 17.6. The number of carbonyl (C=O) groups excluding carboxylic acids is 4. The molecule has 2 N–H and O–H groups in total. The summed E-state index contributed by atoms with van der Waals surface area (Å²) in [4.78, 5) is 58.4. The number of nitrogens with zero attached hydrogens (tertiary/aromatic N) is 2. The molecule has 10 heteroatoms. The lowest BCUT2D eigenvalue weighted by Crippen LogP contribution is -2.54. The molecule has 0 aliphatic carbocycles. The molecule has 3 amide bonds. The Morgan fingerprint density at radius 1 is 0.900 bits per heavy atom. The monoisotopic (exact) mass is 701 g/mol. The second-order valence-electron chi connectivity index (χ2n) is 15.4. The summed E-state index contributed by atoms with van der Waals surface area (Å²) in [5, 5.41) is 13.7. The number of hydrogen-bond acceptors (Lipinski definition) is 7. The third kappa shape index (κ3) is 11.1. The highest BCUT2D eigenvalue weighted by molar-refractivity contribution is 5.88. The Hall–Kier alpha value is -2.82. The van der Waals surface area contributed by atoms with Gasteiger partial charge in [-0.15, -0.1) is 0 Å². The molecule has 0 saturated carbocycles. The Morgan fingerprint density at radius 3 is 2.00 bits per heavy atom. The maximum Gasteiger partial charge on any atom is 0.226 e. The average molecular weight is 702 g/mol. The van der Waals surface area contributed by atoms with E-state index in [1.807, 2.05) is 78.8 Å². The molecule has 1 saturated heterocycles. The van der Waals surface area contributed by atoms with Crippen molar-refractivity contribution in [2.24, 2.45) is 35.5 Å². The van der Waals surface area contributed by atoms with E-state index in [2.05, 4.69) is 5.32 Å². The first-order valence-electron chi connectivity index (χ1n) is 18.7. The number of hydrogen-bond donors (Lipinski definition) is 2. The molecule has 1 aliphatic heterocycles. The van der Waals surface area contributed by atoms with Gasteiger partial charge in [-0.25, -0.2) is 0 Å². The van der Waals surface area contributed by atoms with Gasteiger partial charge in [0, 0.05) is 46.1 Å². The summed E-state index contributed by atoms with van der Waals surface area (Å²) in [5.74, 6) is -1.35. The number of benzene rings is 1. The van der Waals surface area contributed by atoms with Crippen LogP contribution in [0.2, 0.25) is 0 Å². The predicted octanol–water partition coefficient (Wildman–Crippen LogP) is 5.67. The molecule has 0 spiro atoms. The fraction of sp³-hybridized carbons (Fsp3) is 0.750. The fourth-order valence-corrected chi connectivity index (χ4v) is 7.88. The van der Waals surface area contributed by atoms with Gasteiger partial charge in [-0.3, -0.25) is 19.2 Å². The summed E-state index contributed by atoms with van der Waals surface area (Å²) in [5.41, 5.74) is 0.716. The topological polar surface area (TPSA) is 125 Å². The molecule has 0 radical (unpaired) electrons. The molecule has 1 aromatic rings. The molecule has 1 aliphatic rings. The number of nitrogens with one attached hydrogen (secondary N) is 1. The van der Waals surface area contributed by atoms with E-state index in [-0.39, 0.29) is 66.1 Å². The van der Waals surface area contributed by atoms with Gasteiger partial charge in [-0.2, -0.15) is 0 Å². The first-order valence-corrected chi connectivity index (χ1v) is 18.7. The van der Waals surface area contributed by atoms with E-state index < -0.39 is 42.2 Å². The first kappa shape index (κ1) is 43.3. The van der Waals surface area contributed by atoms with Crippen molar-refractivity contribution in [2.75, 3.05) is 27.8 Å². The van der Waals surface area contributed by atoms with Crippen LogP contribution in [-0.2, 0) is 28.7 Å². The van der Waals surface area contributed by atoms with Gasteiger partial charge >= 0.3 is 0 Å². The molecule has 0 aromatic heterocycles. The van der Waals surface area contributed by atoms with Crippen LogP contribution in [0, 0.1) is 35.5 Å². The highest BCUT2D eigenvalue weighted by Gasteiger charge is 2.43. The van der Waals surface area contributed by atoms with Crippen molar-refractivity contribution >= 4 is 23.5 Å². The van der Waals surface area contributed by atoms with Gasteiger partial charge in [-0.1, -0.05) is 85.7 Å². The van der Waals surface area contributed by atoms with Gasteiger partial charge in [0.05, 0.1) is 48.8 Å². The highest BCUT2D eigenvalue weighted by Crippen LogP contribution is 2.31. The molecule has 0 bridgehead atoms. The molecule has 1 aromatic carbocycles. The number of rotatable bonds is 20. The zero-order valence-electron chi connectivity index (χ0n) is 32.8. The summed E-state index contributed by atoms with van der Waals surface area (Å²) in [6.07, 6.45) is 0.452. The molecular weight excluding hydrogens is 634 g/mol. The van der Waals surface area contributed by atoms with Crippen molar-refractivity contribution in [3.8, 4) is 0 Å². The molecule has 1 fully saturated rings. The van der Waals surface area contributed by atoms with E-state index in [4.69, 9.17) is 9.47 Å². The molecule has 284 valence electrons. The van der Waals surface area contributed by atoms with E-state index >= 15 is 0 Å². The van der Waals surface area contributed by atoms with Gasteiger partial charge in [-0.05, 0) is 49.5 Å². The number of aliphatic hydroxyl groups is 1. The summed E-state index contributed by atoms with van der Waals surface area (Å²) < 4.78 is 11.9. The SMILES string of the molecule is CC[C@H](C(=O)C[C@H](C(=O)N(C)[C@@H](C(C)C)C(CC(=O)N1CCC[C@H]1[C@H](OC)[C@@H](C)C(=O)N[C@H](C)[C@@H](O)c1ccccc1)OC)C(C)C)C(C)C. The Labute approximate surface area is 302 Å². The Morgan fingerprint density at radius 2 is 1.50 bits per heavy atom. The minimum Gasteiger partial charge on any atom is -0.386 e. The summed E-state index contributed by atoms with van der Waals surface area (Å²) in [7, 11) is 4.89. The number of methoxy groups -OCH3 is 2. The van der Waals surface area contributed by atoms with Gasteiger partial charge < -0.3 is 29.7 Å². The quantitative estimate of drug-likeness (QED) is 0.180. The van der Waals surface area contributed by atoms with Crippen LogP contribution in [0.15, 0.2) is 30.3 Å². The number of likely N-dealkylation sites (tertiary alicyclic amines) is 1. The second-order valence-corrected chi connectivity index (χ2v) is 15.4. The van der Waals surface area contributed by atoms with E-state index in [9.17, 15) is 24.3 Å². The minimum absolute atomic E-state index is 0.0256.